The molecule has 0 unspecified atom stereocenters. The monoisotopic (exact) mass is 434 g/mol. The maximum absolute atomic E-state index is 13.4. The number of nitro benzene ring substituents is 1. The molecule has 0 fully saturated rings. The van der Waals surface area contributed by atoms with Crippen LogP contribution >= 0.6 is 0 Å². The van der Waals surface area contributed by atoms with Crippen LogP contribution in [0.25, 0.3) is 0 Å². The van der Waals surface area contributed by atoms with E-state index in [2.05, 4.69) is 6.58 Å². The molecule has 0 saturated carbocycles. The summed E-state index contributed by atoms with van der Waals surface area (Å²) in [5, 5.41) is 11.1. The highest BCUT2D eigenvalue weighted by atomic mass is 32.2. The van der Waals surface area contributed by atoms with Crippen molar-refractivity contribution < 1.29 is 27.6 Å². The minimum atomic E-state index is -4.31. The Balaban J connectivity index is 2.53. The van der Waals surface area contributed by atoms with E-state index in [0.717, 1.165) is 10.4 Å². The number of carbonyl (C=O) groups is 1. The number of nitro groups is 1. The highest BCUT2D eigenvalue weighted by Gasteiger charge is 2.30. The van der Waals surface area contributed by atoms with Crippen molar-refractivity contribution in [1.82, 2.24) is 0 Å². The van der Waals surface area contributed by atoms with Crippen LogP contribution in [0.5, 0.6) is 5.75 Å². The molecule has 0 radical (unpaired) electrons. The standard InChI is InChI=1S/C20H22N2O7S/c1-4-12-29-18-10-8-16(9-11-18)21(14-20(23)28-5-2)30(26,27)19-13-17(22(24)25)7-6-15(19)3/h4,6-11,13H,1,5,12,14H2,2-3H3. The Hall–Kier alpha value is -3.40. The number of hydrogen-bond acceptors (Lipinski definition) is 7. The van der Waals surface area contributed by atoms with Crippen molar-refractivity contribution in [2.75, 3.05) is 24.1 Å². The Morgan fingerprint density at radius 1 is 1.23 bits per heavy atom. The average Bonchev–Trinajstić information content (AvgIpc) is 2.71. The molecular formula is C20H22N2O7S. The van der Waals surface area contributed by atoms with E-state index in [1.54, 1.807) is 25.1 Å². The second-order valence-corrected chi connectivity index (χ2v) is 7.95. The average molecular weight is 434 g/mol. The van der Waals surface area contributed by atoms with Crippen LogP contribution in [-0.4, -0.2) is 39.1 Å². The molecule has 2 aromatic carbocycles. The first-order valence-corrected chi connectivity index (χ1v) is 10.4. The predicted octanol–water partition coefficient (Wildman–Crippen LogP) is 3.23. The molecule has 0 spiro atoms. The van der Waals surface area contributed by atoms with Crippen molar-refractivity contribution in [3.8, 4) is 5.75 Å². The second-order valence-electron chi connectivity index (χ2n) is 6.12. The molecule has 0 amide bonds. The van der Waals surface area contributed by atoms with Gasteiger partial charge in [0.25, 0.3) is 15.7 Å². The van der Waals surface area contributed by atoms with Gasteiger partial charge in [-0.25, -0.2) is 8.42 Å². The lowest BCUT2D eigenvalue weighted by atomic mass is 10.2. The number of carbonyl (C=O) groups excluding carboxylic acids is 1. The van der Waals surface area contributed by atoms with Crippen LogP contribution in [0.2, 0.25) is 0 Å². The first-order chi connectivity index (χ1) is 14.2. The number of aryl methyl sites for hydroxylation is 1. The number of hydrogen-bond donors (Lipinski definition) is 0. The molecule has 160 valence electrons. The number of benzene rings is 2. The van der Waals surface area contributed by atoms with Gasteiger partial charge in [-0.1, -0.05) is 18.7 Å². The largest absolute Gasteiger partial charge is 0.490 e. The summed E-state index contributed by atoms with van der Waals surface area (Å²) in [6.45, 7) is 6.44. The molecule has 0 N–H and O–H groups in total. The molecule has 0 aliphatic rings. The topological polar surface area (TPSA) is 116 Å². The lowest BCUT2D eigenvalue weighted by Crippen LogP contribution is -2.37. The van der Waals surface area contributed by atoms with E-state index in [4.69, 9.17) is 9.47 Å². The Morgan fingerprint density at radius 3 is 2.47 bits per heavy atom. The third-order valence-corrected chi connectivity index (χ3v) is 5.94. The molecule has 0 heterocycles. The fourth-order valence-corrected chi connectivity index (χ4v) is 4.26. The molecular weight excluding hydrogens is 412 g/mol. The summed E-state index contributed by atoms with van der Waals surface area (Å²) in [6, 6.07) is 9.59. The van der Waals surface area contributed by atoms with Gasteiger partial charge < -0.3 is 9.47 Å². The van der Waals surface area contributed by atoms with E-state index in [1.807, 2.05) is 0 Å². The van der Waals surface area contributed by atoms with E-state index in [0.29, 0.717) is 11.3 Å². The minimum absolute atomic E-state index is 0.0802. The van der Waals surface area contributed by atoms with Crippen molar-refractivity contribution in [2.24, 2.45) is 0 Å². The van der Waals surface area contributed by atoms with Gasteiger partial charge in [-0.3, -0.25) is 19.2 Å². The van der Waals surface area contributed by atoms with Crippen molar-refractivity contribution in [3.05, 3.63) is 70.8 Å². The van der Waals surface area contributed by atoms with E-state index < -0.39 is 27.5 Å². The first kappa shape index (κ1) is 22.9. The molecule has 10 heteroatoms. The summed E-state index contributed by atoms with van der Waals surface area (Å²) in [5.74, 6) is -0.269. The molecule has 30 heavy (non-hydrogen) atoms. The zero-order valence-corrected chi connectivity index (χ0v) is 17.4. The normalized spacial score (nSPS) is 10.9. The number of nitrogens with zero attached hydrogens (tertiary/aromatic N) is 2. The maximum atomic E-state index is 13.4. The minimum Gasteiger partial charge on any atom is -0.490 e. The molecule has 2 rings (SSSR count). The maximum Gasteiger partial charge on any atom is 0.326 e. The van der Waals surface area contributed by atoms with Gasteiger partial charge in [-0.2, -0.15) is 0 Å². The fraction of sp³-hybridized carbons (Fsp3) is 0.250. The van der Waals surface area contributed by atoms with Crippen molar-refractivity contribution in [1.29, 1.82) is 0 Å². The SMILES string of the molecule is C=CCOc1ccc(N(CC(=O)OCC)S(=O)(=O)c2cc([N+](=O)[O-])ccc2C)cc1. The van der Waals surface area contributed by atoms with Gasteiger partial charge in [0.2, 0.25) is 0 Å². The number of ether oxygens (including phenoxy) is 2. The number of esters is 1. The van der Waals surface area contributed by atoms with Crippen molar-refractivity contribution in [3.63, 3.8) is 0 Å². The van der Waals surface area contributed by atoms with Crippen LogP contribution in [0.15, 0.2) is 60.0 Å². The Morgan fingerprint density at radius 2 is 1.90 bits per heavy atom. The zero-order valence-electron chi connectivity index (χ0n) is 16.6. The van der Waals surface area contributed by atoms with Gasteiger partial charge in [0.15, 0.2) is 0 Å². The summed E-state index contributed by atoms with van der Waals surface area (Å²) in [7, 11) is -4.31. The summed E-state index contributed by atoms with van der Waals surface area (Å²) in [4.78, 5) is 22.3. The van der Waals surface area contributed by atoms with E-state index in [1.165, 1.54) is 31.2 Å². The van der Waals surface area contributed by atoms with Gasteiger partial charge in [0, 0.05) is 12.1 Å². The van der Waals surface area contributed by atoms with E-state index in [9.17, 15) is 23.3 Å². The molecule has 2 aromatic rings. The van der Waals surface area contributed by atoms with Crippen molar-refractivity contribution in [2.45, 2.75) is 18.7 Å². The fourth-order valence-electron chi connectivity index (χ4n) is 2.60. The lowest BCUT2D eigenvalue weighted by molar-refractivity contribution is -0.385. The van der Waals surface area contributed by atoms with Crippen LogP contribution in [0.4, 0.5) is 11.4 Å². The summed E-state index contributed by atoms with van der Waals surface area (Å²) >= 11 is 0. The highest BCUT2D eigenvalue weighted by molar-refractivity contribution is 7.93. The summed E-state index contributed by atoms with van der Waals surface area (Å²) < 4.78 is 37.9. The van der Waals surface area contributed by atoms with Crippen LogP contribution < -0.4 is 9.04 Å². The van der Waals surface area contributed by atoms with Gasteiger partial charge >= 0.3 is 5.97 Å². The number of non-ortho nitro benzene ring substituents is 1. The Bertz CT molecular complexity index is 1030. The number of sulfonamides is 1. The van der Waals surface area contributed by atoms with Crippen molar-refractivity contribution >= 4 is 27.4 Å². The predicted molar refractivity (Wildman–Crippen MR) is 111 cm³/mol. The number of rotatable bonds is 10. The van der Waals surface area contributed by atoms with Crippen LogP contribution in [-0.2, 0) is 19.6 Å². The van der Waals surface area contributed by atoms with Crippen LogP contribution in [0, 0.1) is 17.0 Å². The molecule has 0 bridgehead atoms. The molecule has 9 nitrogen and oxygen atoms in total. The molecule has 0 saturated heterocycles. The van der Waals surface area contributed by atoms with Gasteiger partial charge in [0.05, 0.1) is 22.1 Å². The highest BCUT2D eigenvalue weighted by Crippen LogP contribution is 2.29. The quantitative estimate of drug-likeness (QED) is 0.244. The Labute approximate surface area is 174 Å². The molecule has 0 aromatic heterocycles. The molecule has 0 aliphatic heterocycles. The summed E-state index contributed by atoms with van der Waals surface area (Å²) in [5.41, 5.74) is 0.115. The van der Waals surface area contributed by atoms with Gasteiger partial charge in [-0.15, -0.1) is 0 Å². The zero-order chi connectivity index (χ0) is 22.3. The van der Waals surface area contributed by atoms with E-state index >= 15 is 0 Å². The van der Waals surface area contributed by atoms with Crippen LogP contribution in [0.3, 0.4) is 0 Å². The Kier molecular flexibility index (Phi) is 7.54. The van der Waals surface area contributed by atoms with Crippen LogP contribution in [0.1, 0.15) is 12.5 Å². The second kappa shape index (κ2) is 9.88. The summed E-state index contributed by atoms with van der Waals surface area (Å²) in [6.07, 6.45) is 1.57. The lowest BCUT2D eigenvalue weighted by Gasteiger charge is -2.24. The smallest absolute Gasteiger partial charge is 0.326 e. The third kappa shape index (κ3) is 5.35. The molecule has 0 atom stereocenters. The first-order valence-electron chi connectivity index (χ1n) is 8.97. The van der Waals surface area contributed by atoms with Gasteiger partial charge in [0.1, 0.15) is 18.9 Å². The van der Waals surface area contributed by atoms with E-state index in [-0.39, 0.29) is 29.5 Å². The third-order valence-electron chi connectivity index (χ3n) is 4.02. The number of anilines is 1. The van der Waals surface area contributed by atoms with Gasteiger partial charge in [-0.05, 0) is 43.7 Å². The molecule has 0 aliphatic carbocycles.